The molecule has 0 spiro atoms. The number of nitrogens with one attached hydrogen (secondary N) is 1. The van der Waals surface area contributed by atoms with Crippen LogP contribution in [0.15, 0.2) is 59.0 Å². The van der Waals surface area contributed by atoms with Crippen molar-refractivity contribution in [3.8, 4) is 11.3 Å². The molecular formula is C19H18ClN3S. The predicted octanol–water partition coefficient (Wildman–Crippen LogP) is 6.03. The minimum Gasteiger partial charge on any atom is -0.253 e. The normalized spacial score (nSPS) is 11.3. The lowest BCUT2D eigenvalue weighted by Crippen LogP contribution is -1.91. The highest BCUT2D eigenvalue weighted by Crippen LogP contribution is 2.25. The number of hydrogen-bond donors (Lipinski definition) is 1. The van der Waals surface area contributed by atoms with Gasteiger partial charge in [0.2, 0.25) is 5.13 Å². The number of anilines is 1. The van der Waals surface area contributed by atoms with Crippen LogP contribution in [-0.2, 0) is 0 Å². The van der Waals surface area contributed by atoms with Crippen molar-refractivity contribution < 1.29 is 0 Å². The molecule has 0 fully saturated rings. The molecule has 0 saturated heterocycles. The molecule has 5 heteroatoms. The smallest absolute Gasteiger partial charge is 0.203 e. The van der Waals surface area contributed by atoms with Crippen molar-refractivity contribution >= 4 is 34.3 Å². The van der Waals surface area contributed by atoms with Gasteiger partial charge >= 0.3 is 0 Å². The molecule has 0 aliphatic carbocycles. The topological polar surface area (TPSA) is 37.3 Å². The van der Waals surface area contributed by atoms with Gasteiger partial charge in [-0.15, -0.1) is 11.3 Å². The van der Waals surface area contributed by atoms with Gasteiger partial charge in [-0.05, 0) is 29.2 Å². The molecule has 3 nitrogen and oxygen atoms in total. The third-order valence-corrected chi connectivity index (χ3v) is 4.62. The lowest BCUT2D eigenvalue weighted by atomic mass is 10.0. The molecule has 1 heterocycles. The Morgan fingerprint density at radius 1 is 1.08 bits per heavy atom. The summed E-state index contributed by atoms with van der Waals surface area (Å²) in [6, 6.07) is 16.1. The number of rotatable bonds is 5. The summed E-state index contributed by atoms with van der Waals surface area (Å²) in [5.74, 6) is 0.538. The fraction of sp³-hybridized carbons (Fsp3) is 0.158. The average Bonchev–Trinajstić information content (AvgIpc) is 3.05. The fourth-order valence-corrected chi connectivity index (χ4v) is 3.00. The molecule has 0 bridgehead atoms. The molecule has 0 amide bonds. The first-order valence-electron chi connectivity index (χ1n) is 7.72. The Balaban J connectivity index is 1.63. The molecule has 1 aromatic heterocycles. The molecule has 3 aromatic rings. The van der Waals surface area contributed by atoms with Crippen molar-refractivity contribution in [2.24, 2.45) is 5.10 Å². The Morgan fingerprint density at radius 3 is 2.46 bits per heavy atom. The van der Waals surface area contributed by atoms with Gasteiger partial charge in [-0.2, -0.15) is 5.10 Å². The van der Waals surface area contributed by atoms with Gasteiger partial charge in [0.1, 0.15) is 0 Å². The van der Waals surface area contributed by atoms with E-state index in [-0.39, 0.29) is 0 Å². The molecule has 1 N–H and O–H groups in total. The van der Waals surface area contributed by atoms with Crippen molar-refractivity contribution in [1.82, 2.24) is 4.98 Å². The quantitative estimate of drug-likeness (QED) is 0.448. The van der Waals surface area contributed by atoms with Gasteiger partial charge in [0, 0.05) is 16.0 Å². The van der Waals surface area contributed by atoms with E-state index in [9.17, 15) is 0 Å². The van der Waals surface area contributed by atoms with Crippen LogP contribution in [0.3, 0.4) is 0 Å². The predicted molar refractivity (Wildman–Crippen MR) is 104 cm³/mol. The van der Waals surface area contributed by atoms with E-state index in [1.54, 1.807) is 6.21 Å². The average molecular weight is 356 g/mol. The van der Waals surface area contributed by atoms with E-state index in [1.165, 1.54) is 16.9 Å². The minimum atomic E-state index is 0.538. The second-order valence-electron chi connectivity index (χ2n) is 5.74. The van der Waals surface area contributed by atoms with Gasteiger partial charge in [-0.3, -0.25) is 5.43 Å². The molecule has 3 rings (SSSR count). The number of hydrazone groups is 1. The lowest BCUT2D eigenvalue weighted by molar-refractivity contribution is 0.866. The van der Waals surface area contributed by atoms with Crippen LogP contribution in [-0.4, -0.2) is 11.2 Å². The van der Waals surface area contributed by atoms with Gasteiger partial charge in [-0.1, -0.05) is 61.8 Å². The van der Waals surface area contributed by atoms with Gasteiger partial charge < -0.3 is 0 Å². The number of nitrogens with zero attached hydrogens (tertiary/aromatic N) is 2. The third kappa shape index (κ3) is 4.22. The zero-order valence-electron chi connectivity index (χ0n) is 13.5. The van der Waals surface area contributed by atoms with E-state index >= 15 is 0 Å². The largest absolute Gasteiger partial charge is 0.253 e. The van der Waals surface area contributed by atoms with Crippen LogP contribution >= 0.6 is 22.9 Å². The van der Waals surface area contributed by atoms with Crippen molar-refractivity contribution in [2.45, 2.75) is 19.8 Å². The summed E-state index contributed by atoms with van der Waals surface area (Å²) in [6.45, 7) is 4.37. The number of halogens is 1. The monoisotopic (exact) mass is 355 g/mol. The first-order valence-corrected chi connectivity index (χ1v) is 8.98. The highest BCUT2D eigenvalue weighted by atomic mass is 35.5. The highest BCUT2D eigenvalue weighted by Gasteiger charge is 2.03. The second-order valence-corrected chi connectivity index (χ2v) is 7.03. The van der Waals surface area contributed by atoms with Crippen molar-refractivity contribution in [3.05, 3.63) is 70.1 Å². The van der Waals surface area contributed by atoms with Crippen LogP contribution in [0.5, 0.6) is 0 Å². The van der Waals surface area contributed by atoms with E-state index in [0.29, 0.717) is 5.92 Å². The molecule has 0 unspecified atom stereocenters. The fourth-order valence-electron chi connectivity index (χ4n) is 2.21. The maximum Gasteiger partial charge on any atom is 0.203 e. The van der Waals surface area contributed by atoms with Gasteiger partial charge in [0.05, 0.1) is 11.9 Å². The van der Waals surface area contributed by atoms with E-state index in [0.717, 1.165) is 27.0 Å². The Morgan fingerprint density at radius 2 is 1.79 bits per heavy atom. The molecule has 0 aliphatic rings. The molecule has 2 aromatic carbocycles. The van der Waals surface area contributed by atoms with Gasteiger partial charge in [0.15, 0.2) is 0 Å². The second kappa shape index (κ2) is 7.60. The van der Waals surface area contributed by atoms with Gasteiger partial charge in [-0.25, -0.2) is 4.98 Å². The summed E-state index contributed by atoms with van der Waals surface area (Å²) in [4.78, 5) is 4.53. The molecular weight excluding hydrogens is 338 g/mol. The molecule has 24 heavy (non-hydrogen) atoms. The summed E-state index contributed by atoms with van der Waals surface area (Å²) >= 11 is 7.43. The van der Waals surface area contributed by atoms with Gasteiger partial charge in [0.25, 0.3) is 0 Å². The highest BCUT2D eigenvalue weighted by molar-refractivity contribution is 7.14. The Bertz CT molecular complexity index is 821. The summed E-state index contributed by atoms with van der Waals surface area (Å²) in [5, 5.41) is 7.74. The Labute approximate surface area is 151 Å². The summed E-state index contributed by atoms with van der Waals surface area (Å²) < 4.78 is 0. The van der Waals surface area contributed by atoms with E-state index in [1.807, 2.05) is 29.6 Å². The first-order chi connectivity index (χ1) is 11.6. The SMILES string of the molecule is CC(C)c1ccc(/C=N\Nc2nc(-c3ccc(Cl)cc3)cs2)cc1. The summed E-state index contributed by atoms with van der Waals surface area (Å²) in [6.07, 6.45) is 1.80. The molecule has 0 aliphatic heterocycles. The minimum absolute atomic E-state index is 0.538. The zero-order chi connectivity index (χ0) is 16.9. The summed E-state index contributed by atoms with van der Waals surface area (Å²) in [5.41, 5.74) is 7.32. The number of hydrogen-bond acceptors (Lipinski definition) is 4. The molecule has 0 radical (unpaired) electrons. The molecule has 0 saturated carbocycles. The van der Waals surface area contributed by atoms with E-state index in [2.05, 4.69) is 53.6 Å². The molecule has 122 valence electrons. The third-order valence-electron chi connectivity index (χ3n) is 3.62. The number of thiazole rings is 1. The zero-order valence-corrected chi connectivity index (χ0v) is 15.1. The van der Waals surface area contributed by atoms with Crippen LogP contribution in [0.25, 0.3) is 11.3 Å². The summed E-state index contributed by atoms with van der Waals surface area (Å²) in [7, 11) is 0. The lowest BCUT2D eigenvalue weighted by Gasteiger charge is -2.04. The standard InChI is InChI=1S/C19H18ClN3S/c1-13(2)15-5-3-14(4-6-15)11-21-23-19-22-18(12-24-19)16-7-9-17(20)10-8-16/h3-13H,1-2H3,(H,22,23)/b21-11-. The van der Waals surface area contributed by atoms with Crippen LogP contribution in [0.4, 0.5) is 5.13 Å². The van der Waals surface area contributed by atoms with Crippen molar-refractivity contribution in [3.63, 3.8) is 0 Å². The van der Waals surface area contributed by atoms with Crippen molar-refractivity contribution in [1.29, 1.82) is 0 Å². The number of aromatic nitrogens is 1. The number of benzene rings is 2. The van der Waals surface area contributed by atoms with Crippen LogP contribution in [0.1, 0.15) is 30.9 Å². The molecule has 0 atom stereocenters. The van der Waals surface area contributed by atoms with E-state index in [4.69, 9.17) is 11.6 Å². The van der Waals surface area contributed by atoms with E-state index < -0.39 is 0 Å². The Hall–Kier alpha value is -2.17. The first kappa shape index (κ1) is 16.7. The maximum absolute atomic E-state index is 5.91. The Kier molecular flexibility index (Phi) is 5.28. The van der Waals surface area contributed by atoms with Crippen molar-refractivity contribution in [2.75, 3.05) is 5.43 Å². The van der Waals surface area contributed by atoms with Crippen LogP contribution in [0.2, 0.25) is 5.02 Å². The maximum atomic E-state index is 5.91. The van der Waals surface area contributed by atoms with Crippen LogP contribution < -0.4 is 5.43 Å². The van der Waals surface area contributed by atoms with Crippen LogP contribution in [0, 0.1) is 0 Å².